The highest BCUT2D eigenvalue weighted by Crippen LogP contribution is 2.39. The van der Waals surface area contributed by atoms with Gasteiger partial charge in [-0.2, -0.15) is 13.1 Å². The number of fused-ring (bicyclic) bond motifs is 1. The molecule has 2 fully saturated rings. The van der Waals surface area contributed by atoms with Gasteiger partial charge in [-0.1, -0.05) is 30.3 Å². The molecule has 10 nitrogen and oxygen atoms in total. The van der Waals surface area contributed by atoms with Gasteiger partial charge in [-0.15, -0.1) is 0 Å². The molecule has 0 radical (unpaired) electrons. The smallest absolute Gasteiger partial charge is 0.407 e. The van der Waals surface area contributed by atoms with Crippen molar-refractivity contribution in [1.82, 2.24) is 14.5 Å². The maximum atomic E-state index is 16.9. The van der Waals surface area contributed by atoms with E-state index in [1.807, 2.05) is 12.1 Å². The van der Waals surface area contributed by atoms with Crippen LogP contribution in [0.15, 0.2) is 95.9 Å². The Hall–Kier alpha value is -4.75. The number of rotatable bonds is 11. The molecule has 1 aliphatic heterocycles. The van der Waals surface area contributed by atoms with Crippen LogP contribution in [0.3, 0.4) is 0 Å². The van der Waals surface area contributed by atoms with E-state index in [2.05, 4.69) is 5.32 Å². The average molecular weight is 764 g/mol. The molecule has 1 aliphatic carbocycles. The number of amides is 2. The van der Waals surface area contributed by atoms with Crippen LogP contribution < -0.4 is 14.8 Å². The second-order valence-electron chi connectivity index (χ2n) is 14.9. The molecule has 1 N–H and O–H groups in total. The fourth-order valence-corrected chi connectivity index (χ4v) is 8.25. The van der Waals surface area contributed by atoms with Gasteiger partial charge in [0, 0.05) is 31.7 Å². The number of alkyl carbamates (subject to hydrolysis) is 1. The molecular weight excluding hydrogens is 717 g/mol. The third-order valence-corrected chi connectivity index (χ3v) is 11.6. The van der Waals surface area contributed by atoms with E-state index < -0.39 is 45.2 Å². The van der Waals surface area contributed by atoms with Crippen LogP contribution in [-0.2, 0) is 25.5 Å². The van der Waals surface area contributed by atoms with Crippen LogP contribution in [0.25, 0.3) is 10.8 Å². The summed E-state index contributed by atoms with van der Waals surface area (Å²) < 4.78 is 79.9. The zero-order valence-electron chi connectivity index (χ0n) is 31.0. The van der Waals surface area contributed by atoms with Crippen LogP contribution in [-0.4, -0.2) is 73.5 Å². The van der Waals surface area contributed by atoms with Crippen molar-refractivity contribution in [3.63, 3.8) is 0 Å². The molecule has 0 spiro atoms. The lowest BCUT2D eigenvalue weighted by Gasteiger charge is -2.39. The number of sulfonamides is 1. The molecule has 13 heteroatoms. The number of hydrogen-bond donors (Lipinski definition) is 1. The van der Waals surface area contributed by atoms with Crippen LogP contribution >= 0.6 is 0 Å². The van der Waals surface area contributed by atoms with Crippen LogP contribution in [0.1, 0.15) is 64.9 Å². The number of piperidine rings is 1. The van der Waals surface area contributed by atoms with Crippen LogP contribution in [0.2, 0.25) is 0 Å². The van der Waals surface area contributed by atoms with Gasteiger partial charge in [0.05, 0.1) is 11.0 Å². The number of nitrogens with one attached hydrogen (secondary N) is 1. The summed E-state index contributed by atoms with van der Waals surface area (Å²) in [7, 11) is -3.64. The second kappa shape index (κ2) is 15.9. The largest absolute Gasteiger partial charge is 0.490 e. The molecule has 4 aromatic carbocycles. The highest BCUT2D eigenvalue weighted by molar-refractivity contribution is 7.89. The maximum Gasteiger partial charge on any atom is 0.407 e. The maximum absolute atomic E-state index is 16.9. The number of halogens is 2. The molecule has 1 unspecified atom stereocenters. The molecule has 54 heavy (non-hydrogen) atoms. The van der Waals surface area contributed by atoms with Crippen molar-refractivity contribution in [3.8, 4) is 17.2 Å². The Kier molecular flexibility index (Phi) is 11.5. The van der Waals surface area contributed by atoms with E-state index in [4.69, 9.17) is 14.2 Å². The summed E-state index contributed by atoms with van der Waals surface area (Å²) in [5.41, 5.74) is -1.27. The number of hydrogen-bond acceptors (Lipinski definition) is 7. The molecule has 1 heterocycles. The summed E-state index contributed by atoms with van der Waals surface area (Å²) in [5, 5.41) is 4.08. The van der Waals surface area contributed by atoms with Gasteiger partial charge >= 0.3 is 6.09 Å². The first-order valence-electron chi connectivity index (χ1n) is 18.3. The molecule has 0 aromatic heterocycles. The number of likely N-dealkylation sites (tertiary alicyclic amines) is 1. The van der Waals surface area contributed by atoms with Crippen molar-refractivity contribution in [1.29, 1.82) is 0 Å². The van der Waals surface area contributed by atoms with Crippen molar-refractivity contribution in [2.75, 3.05) is 20.1 Å². The second-order valence-corrected chi connectivity index (χ2v) is 16.9. The van der Waals surface area contributed by atoms with Crippen molar-refractivity contribution in [3.05, 3.63) is 96.6 Å². The van der Waals surface area contributed by atoms with Gasteiger partial charge in [-0.25, -0.2) is 13.2 Å². The standard InChI is InChI=1S/C41H47F2N3O7S/c1-40(2,3)53-39(48)44-31-22-24-46(25-23-31)38(47)37(41(42,43)30-16-19-34(20-17-30)51-32-10-6-5-7-11-32)45(4)54(49,50)36-21-15-28-26-35(18-14-29(28)27-36)52-33-12-8-9-13-33/h5-7,10-11,14-21,26-27,31,33,37H,8-9,12-13,22-25H2,1-4H3,(H,44,48). The van der Waals surface area contributed by atoms with E-state index in [0.29, 0.717) is 21.2 Å². The van der Waals surface area contributed by atoms with E-state index in [0.717, 1.165) is 50.2 Å². The van der Waals surface area contributed by atoms with Gasteiger partial charge in [-0.05, 0) is 131 Å². The first-order chi connectivity index (χ1) is 25.6. The predicted octanol–water partition coefficient (Wildman–Crippen LogP) is 8.25. The lowest BCUT2D eigenvalue weighted by Crippen LogP contribution is -2.58. The summed E-state index contributed by atoms with van der Waals surface area (Å²) in [4.78, 5) is 27.6. The third kappa shape index (κ3) is 9.12. The summed E-state index contributed by atoms with van der Waals surface area (Å²) in [6, 6.07) is 20.7. The summed E-state index contributed by atoms with van der Waals surface area (Å²) in [6.07, 6.45) is 4.27. The van der Waals surface area contributed by atoms with Crippen molar-refractivity contribution < 1.29 is 41.0 Å². The molecule has 4 aromatic rings. The molecular formula is C41H47F2N3O7S. The van der Waals surface area contributed by atoms with Gasteiger partial charge < -0.3 is 24.4 Å². The number of ether oxygens (including phenoxy) is 3. The molecule has 1 saturated carbocycles. The number of likely N-dealkylation sites (N-methyl/N-ethyl adjacent to an activating group) is 1. The SMILES string of the molecule is CN(C(C(=O)N1CCC(NC(=O)OC(C)(C)C)CC1)C(F)(F)c1ccc(Oc2ccccc2)cc1)S(=O)(=O)c1ccc2cc(OC3CCCC3)ccc2c1. The molecule has 1 atom stereocenters. The first-order valence-corrected chi connectivity index (χ1v) is 19.7. The number of benzene rings is 4. The van der Waals surface area contributed by atoms with E-state index >= 15 is 8.78 Å². The summed E-state index contributed by atoms with van der Waals surface area (Å²) in [5.74, 6) is -3.55. The number of carbonyl (C=O) groups excluding carboxylic acids is 2. The van der Waals surface area contributed by atoms with Gasteiger partial charge in [0.25, 0.3) is 5.92 Å². The topological polar surface area (TPSA) is 114 Å². The first kappa shape index (κ1) is 39.0. The molecule has 1 saturated heterocycles. The minimum atomic E-state index is -4.65. The molecule has 288 valence electrons. The highest BCUT2D eigenvalue weighted by Gasteiger charge is 2.53. The van der Waals surface area contributed by atoms with Gasteiger partial charge in [0.2, 0.25) is 15.9 Å². The quantitative estimate of drug-likeness (QED) is 0.164. The Labute approximate surface area is 315 Å². The normalized spacial score (nSPS) is 16.7. The van der Waals surface area contributed by atoms with Gasteiger partial charge in [0.1, 0.15) is 22.8 Å². The fourth-order valence-electron chi connectivity index (χ4n) is 6.90. The lowest BCUT2D eigenvalue weighted by atomic mass is 9.98. The van der Waals surface area contributed by atoms with E-state index in [-0.39, 0.29) is 48.7 Å². The van der Waals surface area contributed by atoms with E-state index in [1.54, 1.807) is 63.2 Å². The van der Waals surface area contributed by atoms with Crippen molar-refractivity contribution in [2.24, 2.45) is 0 Å². The molecule has 2 aliphatic rings. The van der Waals surface area contributed by atoms with Gasteiger partial charge in [-0.3, -0.25) is 4.79 Å². The highest BCUT2D eigenvalue weighted by atomic mass is 32.2. The van der Waals surface area contributed by atoms with E-state index in [9.17, 15) is 18.0 Å². The molecule has 0 bridgehead atoms. The Bertz CT molecular complexity index is 2040. The number of nitrogens with zero attached hydrogens (tertiary/aromatic N) is 2. The van der Waals surface area contributed by atoms with Gasteiger partial charge in [0.15, 0.2) is 6.04 Å². The Balaban J connectivity index is 1.26. The summed E-state index contributed by atoms with van der Waals surface area (Å²) in [6.45, 7) is 5.26. The van der Waals surface area contributed by atoms with Crippen LogP contribution in [0.5, 0.6) is 17.2 Å². The Morgan fingerprint density at radius 2 is 1.41 bits per heavy atom. The van der Waals surface area contributed by atoms with Crippen molar-refractivity contribution >= 4 is 32.8 Å². The lowest BCUT2D eigenvalue weighted by molar-refractivity contribution is -0.151. The number of carbonyl (C=O) groups is 2. The zero-order valence-corrected chi connectivity index (χ0v) is 31.8. The third-order valence-electron chi connectivity index (χ3n) is 9.75. The molecule has 6 rings (SSSR count). The summed E-state index contributed by atoms with van der Waals surface area (Å²) >= 11 is 0. The van der Waals surface area contributed by atoms with Crippen LogP contribution in [0, 0.1) is 0 Å². The van der Waals surface area contributed by atoms with Crippen molar-refractivity contribution in [2.45, 2.75) is 93.9 Å². The van der Waals surface area contributed by atoms with E-state index in [1.165, 1.54) is 29.2 Å². The number of para-hydroxylation sites is 1. The van der Waals surface area contributed by atoms with Crippen LogP contribution in [0.4, 0.5) is 13.6 Å². The fraction of sp³-hybridized carbons (Fsp3) is 0.415. The minimum absolute atomic E-state index is 0.0187. The zero-order chi connectivity index (χ0) is 38.7. The Morgan fingerprint density at radius 3 is 2.06 bits per heavy atom. The Morgan fingerprint density at radius 1 is 0.815 bits per heavy atom. The average Bonchev–Trinajstić information content (AvgIpc) is 3.64. The predicted molar refractivity (Wildman–Crippen MR) is 201 cm³/mol. The minimum Gasteiger partial charge on any atom is -0.490 e. The number of alkyl halides is 2. The molecule has 2 amide bonds. The monoisotopic (exact) mass is 763 g/mol.